The van der Waals surface area contributed by atoms with Crippen LogP contribution in [0.5, 0.6) is 5.75 Å². The van der Waals surface area contributed by atoms with Gasteiger partial charge in [-0.3, -0.25) is 19.7 Å². The maximum Gasteiger partial charge on any atom is 0.269 e. The highest BCUT2D eigenvalue weighted by atomic mass is 16.6. The quantitative estimate of drug-likeness (QED) is 0.443. The predicted octanol–water partition coefficient (Wildman–Crippen LogP) is 3.09. The molecule has 0 bridgehead atoms. The number of non-ortho nitro benzene ring substituents is 1. The monoisotopic (exact) mass is 407 g/mol. The Labute approximate surface area is 173 Å². The molecule has 8 nitrogen and oxygen atoms in total. The van der Waals surface area contributed by atoms with Crippen LogP contribution in [0.1, 0.15) is 5.56 Å². The standard InChI is InChI=1S/C22H21N3O5/c1-23(13-16-3-8-19(9-4-16)25(28)29)22(27)15-24-14-18(7-12-21(24)26)17-5-10-20(30-2)11-6-17/h3-12,14H,13,15H2,1-2H3. The van der Waals surface area contributed by atoms with Crippen LogP contribution in [-0.4, -0.2) is 34.5 Å². The molecule has 0 radical (unpaired) electrons. The number of hydrogen-bond donors (Lipinski definition) is 0. The summed E-state index contributed by atoms with van der Waals surface area (Å²) in [6.07, 6.45) is 1.65. The lowest BCUT2D eigenvalue weighted by atomic mass is 10.1. The number of hydrogen-bond acceptors (Lipinski definition) is 5. The number of benzene rings is 2. The first-order valence-electron chi connectivity index (χ1n) is 9.19. The minimum absolute atomic E-state index is 0.00497. The molecule has 2 aromatic carbocycles. The highest BCUT2D eigenvalue weighted by Crippen LogP contribution is 2.21. The average molecular weight is 407 g/mol. The molecule has 3 rings (SSSR count). The van der Waals surface area contributed by atoms with E-state index in [4.69, 9.17) is 4.74 Å². The number of pyridine rings is 1. The van der Waals surface area contributed by atoms with Crippen LogP contribution < -0.4 is 10.3 Å². The zero-order valence-electron chi connectivity index (χ0n) is 16.6. The van der Waals surface area contributed by atoms with E-state index in [1.807, 2.05) is 24.3 Å². The van der Waals surface area contributed by atoms with Crippen molar-refractivity contribution in [2.45, 2.75) is 13.1 Å². The second-order valence-corrected chi connectivity index (χ2v) is 6.79. The molecule has 154 valence electrons. The number of aromatic nitrogens is 1. The average Bonchev–Trinajstić information content (AvgIpc) is 2.75. The van der Waals surface area contributed by atoms with Crippen molar-refractivity contribution in [3.8, 4) is 16.9 Å². The Morgan fingerprint density at radius 2 is 1.67 bits per heavy atom. The second kappa shape index (κ2) is 9.04. The van der Waals surface area contributed by atoms with E-state index in [1.54, 1.807) is 38.6 Å². The molecule has 1 heterocycles. The first-order chi connectivity index (χ1) is 14.4. The summed E-state index contributed by atoms with van der Waals surface area (Å²) in [5.74, 6) is 0.484. The molecular formula is C22H21N3O5. The molecule has 8 heteroatoms. The molecule has 0 aliphatic rings. The zero-order valence-corrected chi connectivity index (χ0v) is 16.6. The topological polar surface area (TPSA) is 94.7 Å². The van der Waals surface area contributed by atoms with Gasteiger partial charge in [-0.1, -0.05) is 24.3 Å². The third-order valence-electron chi connectivity index (χ3n) is 4.71. The van der Waals surface area contributed by atoms with Gasteiger partial charge in [-0.2, -0.15) is 0 Å². The lowest BCUT2D eigenvalue weighted by Crippen LogP contribution is -2.33. The van der Waals surface area contributed by atoms with E-state index in [9.17, 15) is 19.7 Å². The van der Waals surface area contributed by atoms with Gasteiger partial charge in [0, 0.05) is 38.0 Å². The minimum Gasteiger partial charge on any atom is -0.497 e. The fraction of sp³-hybridized carbons (Fsp3) is 0.182. The van der Waals surface area contributed by atoms with Crippen molar-refractivity contribution in [1.29, 1.82) is 0 Å². The van der Waals surface area contributed by atoms with Crippen LogP contribution in [0.3, 0.4) is 0 Å². The SMILES string of the molecule is COc1ccc(-c2ccc(=O)n(CC(=O)N(C)Cc3ccc([N+](=O)[O-])cc3)c2)cc1. The zero-order chi connectivity index (χ0) is 21.7. The Kier molecular flexibility index (Phi) is 6.26. The molecule has 0 saturated carbocycles. The molecule has 0 fully saturated rings. The molecule has 1 amide bonds. The highest BCUT2D eigenvalue weighted by Gasteiger charge is 2.13. The Morgan fingerprint density at radius 3 is 2.27 bits per heavy atom. The number of carbonyl (C=O) groups is 1. The molecule has 1 aromatic heterocycles. The Morgan fingerprint density at radius 1 is 1.03 bits per heavy atom. The van der Waals surface area contributed by atoms with Crippen molar-refractivity contribution in [2.24, 2.45) is 0 Å². The molecular weight excluding hydrogens is 386 g/mol. The lowest BCUT2D eigenvalue weighted by molar-refractivity contribution is -0.384. The van der Waals surface area contributed by atoms with Crippen molar-refractivity contribution in [3.63, 3.8) is 0 Å². The number of nitrogens with zero attached hydrogens (tertiary/aromatic N) is 3. The number of carbonyl (C=O) groups excluding carboxylic acids is 1. The van der Waals surface area contributed by atoms with Gasteiger partial charge in [-0.15, -0.1) is 0 Å². The van der Waals surface area contributed by atoms with Crippen LogP contribution in [0.4, 0.5) is 5.69 Å². The summed E-state index contributed by atoms with van der Waals surface area (Å²) in [4.78, 5) is 36.6. The predicted molar refractivity (Wildman–Crippen MR) is 112 cm³/mol. The van der Waals surface area contributed by atoms with E-state index >= 15 is 0 Å². The summed E-state index contributed by atoms with van der Waals surface area (Å²) in [5, 5.41) is 10.7. The Balaban J connectivity index is 1.72. The largest absolute Gasteiger partial charge is 0.497 e. The van der Waals surface area contributed by atoms with Gasteiger partial charge < -0.3 is 14.2 Å². The van der Waals surface area contributed by atoms with Crippen molar-refractivity contribution in [2.75, 3.05) is 14.2 Å². The Bertz CT molecular complexity index is 1100. The summed E-state index contributed by atoms with van der Waals surface area (Å²) in [6.45, 7) is 0.177. The van der Waals surface area contributed by atoms with Crippen molar-refractivity contribution >= 4 is 11.6 Å². The van der Waals surface area contributed by atoms with E-state index in [-0.39, 0.29) is 30.2 Å². The van der Waals surface area contributed by atoms with Gasteiger partial charge in [0.15, 0.2) is 0 Å². The van der Waals surface area contributed by atoms with Gasteiger partial charge in [0.05, 0.1) is 12.0 Å². The van der Waals surface area contributed by atoms with Crippen molar-refractivity contribution < 1.29 is 14.5 Å². The minimum atomic E-state index is -0.471. The molecule has 0 spiro atoms. The number of likely N-dealkylation sites (N-methyl/N-ethyl adjacent to an activating group) is 1. The van der Waals surface area contributed by atoms with Crippen LogP contribution in [0, 0.1) is 10.1 Å². The summed E-state index contributed by atoms with van der Waals surface area (Å²) in [6, 6.07) is 16.6. The van der Waals surface area contributed by atoms with E-state index in [0.717, 1.165) is 22.4 Å². The van der Waals surface area contributed by atoms with Crippen molar-refractivity contribution in [1.82, 2.24) is 9.47 Å². The Hall–Kier alpha value is -3.94. The number of amides is 1. The first-order valence-corrected chi connectivity index (χ1v) is 9.19. The summed E-state index contributed by atoms with van der Waals surface area (Å²) >= 11 is 0. The smallest absolute Gasteiger partial charge is 0.269 e. The first kappa shape index (κ1) is 20.8. The van der Waals surface area contributed by atoms with Gasteiger partial charge in [0.25, 0.3) is 11.2 Å². The molecule has 3 aromatic rings. The van der Waals surface area contributed by atoms with Crippen LogP contribution in [0.15, 0.2) is 71.7 Å². The summed E-state index contributed by atoms with van der Waals surface area (Å²) < 4.78 is 6.52. The molecule has 0 aliphatic heterocycles. The molecule has 0 aliphatic carbocycles. The van der Waals surface area contributed by atoms with Gasteiger partial charge in [0.2, 0.25) is 5.91 Å². The molecule has 0 atom stereocenters. The maximum absolute atomic E-state index is 12.6. The van der Waals surface area contributed by atoms with Gasteiger partial charge in [0.1, 0.15) is 12.3 Å². The molecule has 0 N–H and O–H groups in total. The highest BCUT2D eigenvalue weighted by molar-refractivity contribution is 5.76. The van der Waals surface area contributed by atoms with E-state index in [0.29, 0.717) is 0 Å². The van der Waals surface area contributed by atoms with Crippen molar-refractivity contribution in [3.05, 3.63) is 92.9 Å². The van der Waals surface area contributed by atoms with Crippen LogP contribution in [-0.2, 0) is 17.9 Å². The van der Waals surface area contributed by atoms with Crippen LogP contribution >= 0.6 is 0 Å². The summed E-state index contributed by atoms with van der Waals surface area (Å²) in [5.41, 5.74) is 2.19. The number of methoxy groups -OCH3 is 1. The fourth-order valence-electron chi connectivity index (χ4n) is 2.96. The van der Waals surface area contributed by atoms with E-state index in [2.05, 4.69) is 0 Å². The fourth-order valence-corrected chi connectivity index (χ4v) is 2.96. The second-order valence-electron chi connectivity index (χ2n) is 6.79. The normalized spacial score (nSPS) is 10.5. The van der Waals surface area contributed by atoms with E-state index in [1.165, 1.54) is 27.7 Å². The third-order valence-corrected chi connectivity index (χ3v) is 4.71. The number of nitro benzene ring substituents is 1. The van der Waals surface area contributed by atoms with Gasteiger partial charge in [-0.25, -0.2) is 0 Å². The van der Waals surface area contributed by atoms with Crippen LogP contribution in [0.2, 0.25) is 0 Å². The van der Waals surface area contributed by atoms with Gasteiger partial charge >= 0.3 is 0 Å². The third kappa shape index (κ3) is 4.91. The maximum atomic E-state index is 12.6. The summed E-state index contributed by atoms with van der Waals surface area (Å²) in [7, 11) is 3.22. The lowest BCUT2D eigenvalue weighted by Gasteiger charge is -2.18. The number of rotatable bonds is 7. The van der Waals surface area contributed by atoms with Gasteiger partial charge in [-0.05, 0) is 34.9 Å². The molecule has 0 saturated heterocycles. The molecule has 0 unspecified atom stereocenters. The molecule has 30 heavy (non-hydrogen) atoms. The van der Waals surface area contributed by atoms with E-state index < -0.39 is 4.92 Å². The number of nitro groups is 1. The number of ether oxygens (including phenoxy) is 1. The van der Waals surface area contributed by atoms with Crippen LogP contribution in [0.25, 0.3) is 11.1 Å².